The Hall–Kier alpha value is -6.58. The van der Waals surface area contributed by atoms with Gasteiger partial charge in [0.2, 0.25) is 0 Å². The summed E-state index contributed by atoms with van der Waals surface area (Å²) in [6, 6.07) is 6.40. The second-order valence-corrected chi connectivity index (χ2v) is 13.1. The lowest BCUT2D eigenvalue weighted by Crippen LogP contribution is -2.04. The van der Waals surface area contributed by atoms with Crippen LogP contribution in [0.4, 0.5) is 0 Å². The fraction of sp³-hybridized carbons (Fsp3) is 0.316. The van der Waals surface area contributed by atoms with E-state index >= 15 is 0 Å². The highest BCUT2D eigenvalue weighted by molar-refractivity contribution is 5.97. The first-order valence-electron chi connectivity index (χ1n) is 17.0. The Balaban J connectivity index is 2.01. The lowest BCUT2D eigenvalue weighted by atomic mass is 9.98. The Bertz CT molecular complexity index is 2340. The molecule has 0 aromatic carbocycles. The molecule has 0 unspecified atom stereocenters. The fourth-order valence-corrected chi connectivity index (χ4v) is 6.89. The quantitative estimate of drug-likeness (QED) is 0.0937. The molecule has 54 heavy (non-hydrogen) atoms. The van der Waals surface area contributed by atoms with Crippen LogP contribution in [0.3, 0.4) is 0 Å². The summed E-state index contributed by atoms with van der Waals surface area (Å²) < 4.78 is 0. The third-order valence-corrected chi connectivity index (χ3v) is 9.48. The van der Waals surface area contributed by atoms with Crippen LogP contribution in [0.5, 0.6) is 0 Å². The molecule has 0 saturated heterocycles. The van der Waals surface area contributed by atoms with E-state index in [-0.39, 0.29) is 68.0 Å². The average molecular weight is 743 g/mol. The summed E-state index contributed by atoms with van der Waals surface area (Å²) in [6.07, 6.45) is -2.26. The van der Waals surface area contributed by atoms with Gasteiger partial charge in [-0.15, -0.1) is 0 Å². The second-order valence-electron chi connectivity index (χ2n) is 13.1. The van der Waals surface area contributed by atoms with Crippen molar-refractivity contribution in [3.8, 4) is 0 Å². The van der Waals surface area contributed by atoms with E-state index in [0.29, 0.717) is 72.7 Å². The molecule has 5 heterocycles. The van der Waals surface area contributed by atoms with Crippen molar-refractivity contribution in [3.05, 3.63) is 69.3 Å². The minimum atomic E-state index is -1.21. The Labute approximate surface area is 306 Å². The van der Waals surface area contributed by atoms with Crippen molar-refractivity contribution < 1.29 is 59.4 Å². The molecule has 5 rings (SSSR count). The van der Waals surface area contributed by atoms with Crippen molar-refractivity contribution in [2.45, 2.75) is 78.1 Å². The number of hydrogen-bond acceptors (Lipinski definition) is 8. The number of fused-ring (bicyclic) bond motifs is 8. The Morgan fingerprint density at radius 2 is 0.778 bits per heavy atom. The molecule has 0 fully saturated rings. The fourth-order valence-electron chi connectivity index (χ4n) is 6.89. The molecular weight excluding hydrogens is 704 g/mol. The molecule has 0 amide bonds. The average Bonchev–Trinajstić information content (AvgIpc) is 3.74. The van der Waals surface area contributed by atoms with E-state index in [9.17, 15) is 59.4 Å². The summed E-state index contributed by atoms with van der Waals surface area (Å²) in [6.45, 7) is 3.50. The van der Waals surface area contributed by atoms with Crippen LogP contribution in [0, 0.1) is 0 Å². The van der Waals surface area contributed by atoms with E-state index in [0.717, 1.165) is 0 Å². The topological polar surface area (TPSA) is 281 Å². The van der Waals surface area contributed by atoms with Gasteiger partial charge in [-0.1, -0.05) is 0 Å². The molecule has 0 radical (unpaired) electrons. The first-order valence-corrected chi connectivity index (χ1v) is 17.0. The van der Waals surface area contributed by atoms with Gasteiger partial charge >= 0.3 is 35.8 Å². The minimum absolute atomic E-state index is 0.0658. The summed E-state index contributed by atoms with van der Waals surface area (Å²) in [5, 5.41) is 58.2. The number of nitrogens with zero attached hydrogens (tertiary/aromatic N) is 2. The predicted octanol–water partition coefficient (Wildman–Crippen LogP) is 5.19. The van der Waals surface area contributed by atoms with Gasteiger partial charge in [0.15, 0.2) is 0 Å². The van der Waals surface area contributed by atoms with Crippen LogP contribution in [0.25, 0.3) is 44.4 Å². The van der Waals surface area contributed by atoms with Gasteiger partial charge in [-0.25, -0.2) is 9.97 Å². The summed E-state index contributed by atoms with van der Waals surface area (Å²) >= 11 is 0. The largest absolute Gasteiger partial charge is 0.481 e. The maximum Gasteiger partial charge on any atom is 0.307 e. The molecule has 0 aliphatic carbocycles. The van der Waals surface area contributed by atoms with Crippen LogP contribution >= 0.6 is 0 Å². The summed E-state index contributed by atoms with van der Waals surface area (Å²) in [5.74, 6) is -6.78. The molecule has 16 heteroatoms. The lowest BCUT2D eigenvalue weighted by molar-refractivity contribution is -0.138. The number of carbonyl (C=O) groups is 6. The predicted molar refractivity (Wildman–Crippen MR) is 194 cm³/mol. The maximum atomic E-state index is 12.2. The van der Waals surface area contributed by atoms with E-state index < -0.39 is 48.7 Å². The number of aryl methyl sites for hydroxylation is 2. The zero-order chi connectivity index (χ0) is 39.4. The highest BCUT2D eigenvalue weighted by Crippen LogP contribution is 2.38. The highest BCUT2D eigenvalue weighted by Gasteiger charge is 2.24. The third-order valence-electron chi connectivity index (χ3n) is 9.48. The van der Waals surface area contributed by atoms with Crippen molar-refractivity contribution in [2.75, 3.05) is 0 Å². The Kier molecular flexibility index (Phi) is 11.4. The van der Waals surface area contributed by atoms with Crippen LogP contribution in [0.1, 0.15) is 97.4 Å². The molecule has 3 aromatic heterocycles. The number of hydrogen-bond donors (Lipinski definition) is 8. The number of rotatable bonds is 16. The molecule has 2 aliphatic heterocycles. The molecule has 16 nitrogen and oxygen atoms in total. The molecule has 8 N–H and O–H groups in total. The van der Waals surface area contributed by atoms with Crippen LogP contribution in [0.15, 0.2) is 24.3 Å². The Morgan fingerprint density at radius 3 is 1.17 bits per heavy atom. The molecule has 3 aromatic rings. The minimum Gasteiger partial charge on any atom is -0.481 e. The third kappa shape index (κ3) is 8.71. The molecule has 282 valence electrons. The van der Waals surface area contributed by atoms with Gasteiger partial charge < -0.3 is 40.6 Å². The highest BCUT2D eigenvalue weighted by atomic mass is 16.4. The van der Waals surface area contributed by atoms with Gasteiger partial charge in [-0.3, -0.25) is 28.8 Å². The zero-order valence-electron chi connectivity index (χ0n) is 29.4. The number of carboxylic acids is 6. The van der Waals surface area contributed by atoms with Gasteiger partial charge in [-0.05, 0) is 108 Å². The van der Waals surface area contributed by atoms with Crippen molar-refractivity contribution in [1.82, 2.24) is 19.9 Å². The molecule has 8 bridgehead atoms. The number of aromatic nitrogens is 4. The van der Waals surface area contributed by atoms with Gasteiger partial charge in [-0.2, -0.15) is 0 Å². The van der Waals surface area contributed by atoms with Gasteiger partial charge in [0, 0.05) is 47.8 Å². The van der Waals surface area contributed by atoms with E-state index in [1.807, 2.05) is 0 Å². The van der Waals surface area contributed by atoms with Crippen molar-refractivity contribution in [3.63, 3.8) is 0 Å². The van der Waals surface area contributed by atoms with Crippen molar-refractivity contribution in [1.29, 1.82) is 0 Å². The molecule has 0 atom stereocenters. The number of carboxylic acid groups (broad SMARTS) is 6. The van der Waals surface area contributed by atoms with Gasteiger partial charge in [0.1, 0.15) is 0 Å². The van der Waals surface area contributed by atoms with Crippen molar-refractivity contribution >= 4 is 80.2 Å². The molecule has 0 spiro atoms. The van der Waals surface area contributed by atoms with E-state index in [1.165, 1.54) is 0 Å². The van der Waals surface area contributed by atoms with Crippen LogP contribution in [0.2, 0.25) is 0 Å². The monoisotopic (exact) mass is 742 g/mol. The first kappa shape index (κ1) is 38.6. The van der Waals surface area contributed by atoms with E-state index in [4.69, 9.17) is 9.97 Å². The van der Waals surface area contributed by atoms with Gasteiger partial charge in [0.05, 0.1) is 35.6 Å². The summed E-state index contributed by atoms with van der Waals surface area (Å²) in [4.78, 5) is 87.3. The molecule has 0 saturated carbocycles. The second kappa shape index (κ2) is 16.0. The lowest BCUT2D eigenvalue weighted by Gasteiger charge is -2.04. The normalized spacial score (nSPS) is 12.6. The summed E-state index contributed by atoms with van der Waals surface area (Å²) in [5.41, 5.74) is 6.27. The maximum absolute atomic E-state index is 12.2. The molecular formula is C38H38N4O12. The standard InChI is InChI=1S/C38H38N4O12/c1-17-19(3-7-33(43)44)27-13-25-18(2)20(4-8-34(45)46)28(40-25)15-32-24(12-38(53)54)22(6-10-36(49)50)30(42-32)16-29-21(5-9-35(47)48)23(11-37(51)52)31(41-29)14-26(17)39-27/h13-16,41-42H,3-12H2,1-2H3,(H,43,44)(H,45,46)(H,47,48)(H,49,50)(H,51,52)(H,53,54). The van der Waals surface area contributed by atoms with Crippen LogP contribution in [-0.4, -0.2) is 86.4 Å². The smallest absolute Gasteiger partial charge is 0.307 e. The van der Waals surface area contributed by atoms with Crippen molar-refractivity contribution in [2.24, 2.45) is 0 Å². The number of H-pyrrole nitrogens is 2. The SMILES string of the molecule is CC1=C(CCC(=O)O)c2cc3nc(cc4[nH]c(cc5[nH]c(cc1n2)c(CC(=O)O)c5CCC(=O)O)c(CCC(=O)O)c4CC(=O)O)C(CCC(=O)O)=C3C. The molecule has 2 aliphatic rings. The van der Waals surface area contributed by atoms with Crippen LogP contribution in [-0.2, 0) is 54.5 Å². The van der Waals surface area contributed by atoms with Gasteiger partial charge in [0.25, 0.3) is 0 Å². The van der Waals surface area contributed by atoms with E-state index in [2.05, 4.69) is 9.97 Å². The number of allylic oxidation sites excluding steroid dienone is 4. The summed E-state index contributed by atoms with van der Waals surface area (Å²) in [7, 11) is 0. The zero-order valence-corrected chi connectivity index (χ0v) is 29.4. The van der Waals surface area contributed by atoms with Crippen LogP contribution < -0.4 is 0 Å². The van der Waals surface area contributed by atoms with E-state index in [1.54, 1.807) is 38.1 Å². The first-order chi connectivity index (χ1) is 25.5. The Morgan fingerprint density at radius 1 is 0.444 bits per heavy atom. The number of aromatic amines is 2. The number of aliphatic carboxylic acids is 6. The number of nitrogens with one attached hydrogen (secondary N) is 2.